The molecular weight excluding hydrogens is 439 g/mol. The van der Waals surface area contributed by atoms with Crippen LogP contribution in [0.4, 0.5) is 5.69 Å². The van der Waals surface area contributed by atoms with Crippen molar-refractivity contribution in [2.45, 2.75) is 33.6 Å². The van der Waals surface area contributed by atoms with Crippen LogP contribution < -0.4 is 25.0 Å². The third-order valence-corrected chi connectivity index (χ3v) is 9.52. The van der Waals surface area contributed by atoms with Crippen LogP contribution in [-0.4, -0.2) is 31.1 Å². The maximum atomic E-state index is 6.18. The lowest BCUT2D eigenvalue weighted by Gasteiger charge is -2.29. The molecule has 3 aliphatic heterocycles. The van der Waals surface area contributed by atoms with Crippen molar-refractivity contribution in [3.05, 3.63) is 88.7 Å². The Morgan fingerprint density at radius 2 is 1.38 bits per heavy atom. The molecule has 6 rings (SSSR count). The van der Waals surface area contributed by atoms with Crippen LogP contribution >= 0.6 is 7.92 Å². The molecular formula is C29H31N2O2P. The van der Waals surface area contributed by atoms with Gasteiger partial charge < -0.3 is 19.3 Å². The van der Waals surface area contributed by atoms with Crippen LogP contribution in [0.15, 0.2) is 60.9 Å². The lowest BCUT2D eigenvalue weighted by atomic mass is 10.0. The summed E-state index contributed by atoms with van der Waals surface area (Å²) in [5.41, 5.74) is 7.97. The van der Waals surface area contributed by atoms with Crippen molar-refractivity contribution in [2.75, 3.05) is 31.1 Å². The highest BCUT2D eigenvalue weighted by Crippen LogP contribution is 2.45. The van der Waals surface area contributed by atoms with Crippen molar-refractivity contribution in [1.82, 2.24) is 4.90 Å². The molecule has 0 fully saturated rings. The first-order chi connectivity index (χ1) is 16.6. The SMILES string of the molecule is Cc1cc(C)c(N2C=CN(CP(c3cccc4c3OCC4)c3cccc4c3OCC4)C2)c(C)c1. The van der Waals surface area contributed by atoms with Crippen LogP contribution in [0, 0.1) is 20.8 Å². The van der Waals surface area contributed by atoms with Crippen LogP contribution in [0.3, 0.4) is 0 Å². The van der Waals surface area contributed by atoms with E-state index < -0.39 is 7.92 Å². The van der Waals surface area contributed by atoms with E-state index in [4.69, 9.17) is 9.47 Å². The highest BCUT2D eigenvalue weighted by Gasteiger charge is 2.30. The predicted octanol–water partition coefficient (Wildman–Crippen LogP) is 5.12. The Labute approximate surface area is 203 Å². The van der Waals surface area contributed by atoms with Gasteiger partial charge in [-0.05, 0) is 50.9 Å². The molecule has 3 aromatic carbocycles. The van der Waals surface area contributed by atoms with E-state index in [1.165, 1.54) is 44.1 Å². The molecule has 5 heteroatoms. The third kappa shape index (κ3) is 3.75. The molecule has 0 radical (unpaired) electrons. The van der Waals surface area contributed by atoms with Crippen molar-refractivity contribution in [3.8, 4) is 11.5 Å². The second-order valence-corrected chi connectivity index (χ2v) is 11.6. The van der Waals surface area contributed by atoms with E-state index in [9.17, 15) is 0 Å². The number of hydrogen-bond acceptors (Lipinski definition) is 4. The Kier molecular flexibility index (Phi) is 5.50. The highest BCUT2D eigenvalue weighted by atomic mass is 31.1. The molecule has 0 saturated carbocycles. The van der Waals surface area contributed by atoms with E-state index in [0.717, 1.165) is 50.5 Å². The van der Waals surface area contributed by atoms with Gasteiger partial charge in [-0.1, -0.05) is 54.1 Å². The molecule has 34 heavy (non-hydrogen) atoms. The number of nitrogens with zero attached hydrogens (tertiary/aromatic N) is 2. The van der Waals surface area contributed by atoms with E-state index in [1.54, 1.807) is 0 Å². The standard InChI is InChI=1S/C29H31N2O2P/c1-20-16-21(2)27(22(3)17-20)31-13-12-30(18-31)19-34(25-8-4-6-23-10-14-32-28(23)25)26-9-5-7-24-11-15-33-29(24)26/h4-9,12-13,16-17H,10-11,14-15,18-19H2,1-3H3. The lowest BCUT2D eigenvalue weighted by Crippen LogP contribution is -2.30. The number of benzene rings is 3. The van der Waals surface area contributed by atoms with Crippen LogP contribution in [0.25, 0.3) is 0 Å². The minimum absolute atomic E-state index is 0.678. The van der Waals surface area contributed by atoms with Gasteiger partial charge in [-0.25, -0.2) is 0 Å². The molecule has 4 nitrogen and oxygen atoms in total. The smallest absolute Gasteiger partial charge is 0.130 e. The van der Waals surface area contributed by atoms with E-state index in [0.29, 0.717) is 0 Å². The molecule has 0 saturated heterocycles. The van der Waals surface area contributed by atoms with Gasteiger partial charge in [-0.15, -0.1) is 0 Å². The molecule has 3 aliphatic rings. The average Bonchev–Trinajstić information content (AvgIpc) is 3.57. The number of anilines is 1. The van der Waals surface area contributed by atoms with Crippen molar-refractivity contribution in [1.29, 1.82) is 0 Å². The Morgan fingerprint density at radius 3 is 1.97 bits per heavy atom. The van der Waals surface area contributed by atoms with Gasteiger partial charge in [0.25, 0.3) is 0 Å². The topological polar surface area (TPSA) is 24.9 Å². The summed E-state index contributed by atoms with van der Waals surface area (Å²) in [6.07, 6.45) is 7.42. The largest absolute Gasteiger partial charge is 0.492 e. The molecule has 0 atom stereocenters. The third-order valence-electron chi connectivity index (χ3n) is 7.01. The van der Waals surface area contributed by atoms with Crippen LogP contribution in [-0.2, 0) is 12.8 Å². The van der Waals surface area contributed by atoms with Gasteiger partial charge in [0, 0.05) is 47.8 Å². The van der Waals surface area contributed by atoms with Crippen LogP contribution in [0.1, 0.15) is 27.8 Å². The summed E-state index contributed by atoms with van der Waals surface area (Å²) in [5, 5.41) is 2.67. The van der Waals surface area contributed by atoms with Crippen molar-refractivity contribution >= 4 is 24.2 Å². The van der Waals surface area contributed by atoms with Crippen LogP contribution in [0.5, 0.6) is 11.5 Å². The number of ether oxygens (including phenoxy) is 2. The van der Waals surface area contributed by atoms with Crippen molar-refractivity contribution in [2.24, 2.45) is 0 Å². The van der Waals surface area contributed by atoms with E-state index in [2.05, 4.69) is 91.5 Å². The first-order valence-electron chi connectivity index (χ1n) is 12.1. The van der Waals surface area contributed by atoms with E-state index in [1.807, 2.05) is 0 Å². The number of fused-ring (bicyclic) bond motifs is 2. The molecule has 0 aromatic heterocycles. The number of aryl methyl sites for hydroxylation is 3. The molecule has 0 N–H and O–H groups in total. The van der Waals surface area contributed by atoms with Gasteiger partial charge in [-0.3, -0.25) is 0 Å². The fraction of sp³-hybridized carbons (Fsp3) is 0.310. The van der Waals surface area contributed by atoms with Crippen LogP contribution in [0.2, 0.25) is 0 Å². The normalized spacial score (nSPS) is 16.1. The number of para-hydroxylation sites is 2. The van der Waals surface area contributed by atoms with Gasteiger partial charge in [-0.2, -0.15) is 0 Å². The lowest BCUT2D eigenvalue weighted by molar-refractivity contribution is 0.358. The molecule has 0 unspecified atom stereocenters. The molecule has 3 aromatic rings. The molecule has 174 valence electrons. The Balaban J connectivity index is 1.34. The van der Waals surface area contributed by atoms with Gasteiger partial charge in [0.2, 0.25) is 0 Å². The Bertz CT molecular complexity index is 1200. The van der Waals surface area contributed by atoms with E-state index >= 15 is 0 Å². The van der Waals surface area contributed by atoms with Crippen molar-refractivity contribution < 1.29 is 9.47 Å². The molecule has 3 heterocycles. The predicted molar refractivity (Wildman–Crippen MR) is 141 cm³/mol. The van der Waals surface area contributed by atoms with Gasteiger partial charge >= 0.3 is 0 Å². The monoisotopic (exact) mass is 470 g/mol. The first kappa shape index (κ1) is 21.6. The minimum atomic E-state index is -0.678. The second-order valence-electron chi connectivity index (χ2n) is 9.54. The molecule has 0 bridgehead atoms. The Hall–Kier alpha value is -2.97. The fourth-order valence-corrected chi connectivity index (χ4v) is 8.16. The second kappa shape index (κ2) is 8.67. The zero-order chi connectivity index (χ0) is 23.2. The highest BCUT2D eigenvalue weighted by molar-refractivity contribution is 7.73. The summed E-state index contributed by atoms with van der Waals surface area (Å²) in [6.45, 7) is 9.02. The minimum Gasteiger partial charge on any atom is -0.492 e. The summed E-state index contributed by atoms with van der Waals surface area (Å²) in [4.78, 5) is 4.84. The zero-order valence-corrected chi connectivity index (χ0v) is 21.1. The quantitative estimate of drug-likeness (QED) is 0.483. The number of rotatable bonds is 5. The summed E-state index contributed by atoms with van der Waals surface area (Å²) in [7, 11) is -0.678. The van der Waals surface area contributed by atoms with Crippen molar-refractivity contribution in [3.63, 3.8) is 0 Å². The summed E-state index contributed by atoms with van der Waals surface area (Å²) >= 11 is 0. The van der Waals surface area contributed by atoms with Gasteiger partial charge in [0.1, 0.15) is 11.5 Å². The van der Waals surface area contributed by atoms with E-state index in [-0.39, 0.29) is 0 Å². The fourth-order valence-electron chi connectivity index (χ4n) is 5.61. The Morgan fingerprint density at radius 1 is 0.794 bits per heavy atom. The molecule has 0 amide bonds. The maximum absolute atomic E-state index is 6.18. The summed E-state index contributed by atoms with van der Waals surface area (Å²) in [6, 6.07) is 17.9. The first-order valence-corrected chi connectivity index (χ1v) is 13.6. The number of hydrogen-bond donors (Lipinski definition) is 0. The van der Waals surface area contributed by atoms with Gasteiger partial charge in [0.15, 0.2) is 0 Å². The summed E-state index contributed by atoms with van der Waals surface area (Å²) < 4.78 is 12.4. The van der Waals surface area contributed by atoms with Gasteiger partial charge in [0.05, 0.1) is 19.9 Å². The maximum Gasteiger partial charge on any atom is 0.130 e. The summed E-state index contributed by atoms with van der Waals surface area (Å²) in [5.74, 6) is 2.21. The zero-order valence-electron chi connectivity index (χ0n) is 20.2. The molecule has 0 spiro atoms. The molecule has 0 aliphatic carbocycles. The average molecular weight is 471 g/mol.